The molecular weight excluding hydrogens is 308 g/mol. The maximum atomic E-state index is 13.0. The summed E-state index contributed by atoms with van der Waals surface area (Å²) in [5.74, 6) is 1.22. The number of anilines is 1. The molecule has 2 aromatic rings. The van der Waals surface area contributed by atoms with Crippen LogP contribution in [-0.4, -0.2) is 53.2 Å². The van der Waals surface area contributed by atoms with Gasteiger partial charge in [0.05, 0.1) is 0 Å². The number of pyridine rings is 1. The summed E-state index contributed by atoms with van der Waals surface area (Å²) in [6.07, 6.45) is 1.73. The van der Waals surface area contributed by atoms with Gasteiger partial charge in [-0.25, -0.2) is 13.4 Å². The predicted octanol–water partition coefficient (Wildman–Crippen LogP) is 1.50. The first-order valence-corrected chi connectivity index (χ1v) is 9.29. The lowest BCUT2D eigenvalue weighted by Gasteiger charge is -2.29. The predicted molar refractivity (Wildman–Crippen MR) is 85.4 cm³/mol. The summed E-state index contributed by atoms with van der Waals surface area (Å²) in [6, 6.07) is 5.45. The number of nitrogens with one attached hydrogen (secondary N) is 1. The lowest BCUT2D eigenvalue weighted by Crippen LogP contribution is -2.41. The van der Waals surface area contributed by atoms with Crippen molar-refractivity contribution in [1.29, 1.82) is 0 Å². The monoisotopic (exact) mass is 326 g/mol. The Kier molecular flexibility index (Phi) is 3.85. The van der Waals surface area contributed by atoms with Gasteiger partial charge in [0, 0.05) is 37.3 Å². The Morgan fingerprint density at radius 3 is 2.95 bits per heavy atom. The molecule has 1 N–H and O–H groups in total. The minimum Gasteiger partial charge on any atom is -0.371 e. The zero-order chi connectivity index (χ0) is 15.0. The SMILES string of the molecule is CNc1nc2ccccn2c1S(=O)(=O)N1CCSC(C)C1. The first-order chi connectivity index (χ1) is 10.0. The van der Waals surface area contributed by atoms with E-state index in [1.54, 1.807) is 39.8 Å². The molecule has 0 spiro atoms. The van der Waals surface area contributed by atoms with Crippen LogP contribution < -0.4 is 5.32 Å². The highest BCUT2D eigenvalue weighted by atomic mass is 32.2. The zero-order valence-electron chi connectivity index (χ0n) is 12.0. The first-order valence-electron chi connectivity index (χ1n) is 6.80. The third kappa shape index (κ3) is 2.51. The van der Waals surface area contributed by atoms with Crippen molar-refractivity contribution in [2.75, 3.05) is 31.2 Å². The minimum atomic E-state index is -3.56. The van der Waals surface area contributed by atoms with Gasteiger partial charge >= 0.3 is 0 Å². The highest BCUT2D eigenvalue weighted by molar-refractivity contribution is 8.00. The van der Waals surface area contributed by atoms with E-state index in [0.29, 0.717) is 29.8 Å². The van der Waals surface area contributed by atoms with Crippen LogP contribution in [0.25, 0.3) is 5.65 Å². The molecule has 21 heavy (non-hydrogen) atoms. The van der Waals surface area contributed by atoms with Crippen LogP contribution in [0.1, 0.15) is 6.92 Å². The molecule has 1 atom stereocenters. The average molecular weight is 326 g/mol. The largest absolute Gasteiger partial charge is 0.371 e. The topological polar surface area (TPSA) is 66.7 Å². The molecule has 3 rings (SSSR count). The molecule has 0 aromatic carbocycles. The molecule has 0 aliphatic carbocycles. The van der Waals surface area contributed by atoms with E-state index in [-0.39, 0.29) is 5.03 Å². The second kappa shape index (κ2) is 5.51. The van der Waals surface area contributed by atoms with Crippen LogP contribution in [0.3, 0.4) is 0 Å². The standard InChI is InChI=1S/C13H18N4O2S2/c1-10-9-16(7-8-20-10)21(18,19)13-12(14-2)15-11-5-3-4-6-17(11)13/h3-6,10,14H,7-9H2,1-2H3. The zero-order valence-corrected chi connectivity index (χ0v) is 13.6. The van der Waals surface area contributed by atoms with Crippen molar-refractivity contribution in [3.8, 4) is 0 Å². The number of hydrogen-bond donors (Lipinski definition) is 1. The van der Waals surface area contributed by atoms with Crippen LogP contribution in [0, 0.1) is 0 Å². The fourth-order valence-electron chi connectivity index (χ4n) is 2.51. The van der Waals surface area contributed by atoms with Gasteiger partial charge < -0.3 is 5.32 Å². The number of rotatable bonds is 3. The van der Waals surface area contributed by atoms with Gasteiger partial charge in [0.2, 0.25) is 0 Å². The smallest absolute Gasteiger partial charge is 0.262 e. The Hall–Kier alpha value is -1.25. The normalized spacial score (nSPS) is 20.8. The number of sulfonamides is 1. The van der Waals surface area contributed by atoms with Gasteiger partial charge in [-0.15, -0.1) is 0 Å². The van der Waals surface area contributed by atoms with Crippen molar-refractivity contribution in [3.05, 3.63) is 24.4 Å². The maximum Gasteiger partial charge on any atom is 0.262 e. The Bertz CT molecular complexity index is 757. The number of thioether (sulfide) groups is 1. The summed E-state index contributed by atoms with van der Waals surface area (Å²) < 4.78 is 29.2. The number of nitrogens with zero attached hydrogens (tertiary/aromatic N) is 3. The van der Waals surface area contributed by atoms with Crippen molar-refractivity contribution >= 4 is 33.3 Å². The van der Waals surface area contributed by atoms with Crippen molar-refractivity contribution in [2.45, 2.75) is 17.2 Å². The van der Waals surface area contributed by atoms with Crippen molar-refractivity contribution < 1.29 is 8.42 Å². The third-order valence-electron chi connectivity index (χ3n) is 3.51. The van der Waals surface area contributed by atoms with Gasteiger partial charge in [0.1, 0.15) is 5.65 Å². The van der Waals surface area contributed by atoms with E-state index in [4.69, 9.17) is 0 Å². The van der Waals surface area contributed by atoms with Gasteiger partial charge in [-0.1, -0.05) is 13.0 Å². The van der Waals surface area contributed by atoms with Gasteiger partial charge in [0.15, 0.2) is 10.8 Å². The van der Waals surface area contributed by atoms with E-state index in [1.165, 1.54) is 0 Å². The van der Waals surface area contributed by atoms with E-state index in [0.717, 1.165) is 5.75 Å². The second-order valence-electron chi connectivity index (χ2n) is 4.99. The summed E-state index contributed by atoms with van der Waals surface area (Å²) in [4.78, 5) is 4.35. The molecule has 0 amide bonds. The molecule has 2 aromatic heterocycles. The fourth-order valence-corrected chi connectivity index (χ4v) is 5.52. The summed E-state index contributed by atoms with van der Waals surface area (Å²) in [5.41, 5.74) is 0.625. The fraction of sp³-hybridized carbons (Fsp3) is 0.462. The quantitative estimate of drug-likeness (QED) is 0.926. The van der Waals surface area contributed by atoms with E-state index in [1.807, 2.05) is 12.1 Å². The third-order valence-corrected chi connectivity index (χ3v) is 6.54. The van der Waals surface area contributed by atoms with Gasteiger partial charge in [-0.2, -0.15) is 16.1 Å². The molecular formula is C13H18N4O2S2. The minimum absolute atomic E-state index is 0.222. The molecule has 6 nitrogen and oxygen atoms in total. The molecule has 0 saturated carbocycles. The van der Waals surface area contributed by atoms with E-state index in [2.05, 4.69) is 17.2 Å². The van der Waals surface area contributed by atoms with Gasteiger partial charge in [0.25, 0.3) is 10.0 Å². The lowest BCUT2D eigenvalue weighted by molar-refractivity contribution is 0.422. The van der Waals surface area contributed by atoms with Crippen LogP contribution in [0.4, 0.5) is 5.82 Å². The highest BCUT2D eigenvalue weighted by Gasteiger charge is 2.33. The molecule has 1 saturated heterocycles. The molecule has 114 valence electrons. The van der Waals surface area contributed by atoms with E-state index < -0.39 is 10.0 Å². The molecule has 1 aliphatic heterocycles. The number of fused-ring (bicyclic) bond motifs is 1. The summed E-state index contributed by atoms with van der Waals surface area (Å²) in [5, 5.41) is 3.43. The van der Waals surface area contributed by atoms with Crippen LogP contribution in [0.2, 0.25) is 0 Å². The van der Waals surface area contributed by atoms with E-state index in [9.17, 15) is 8.42 Å². The maximum absolute atomic E-state index is 13.0. The summed E-state index contributed by atoms with van der Waals surface area (Å²) >= 11 is 1.80. The molecule has 0 radical (unpaired) electrons. The van der Waals surface area contributed by atoms with Crippen LogP contribution in [-0.2, 0) is 10.0 Å². The van der Waals surface area contributed by atoms with Crippen molar-refractivity contribution in [3.63, 3.8) is 0 Å². The van der Waals surface area contributed by atoms with Crippen LogP contribution >= 0.6 is 11.8 Å². The van der Waals surface area contributed by atoms with Crippen molar-refractivity contribution in [1.82, 2.24) is 13.7 Å². The van der Waals surface area contributed by atoms with Gasteiger partial charge in [-0.05, 0) is 12.1 Å². The number of hydrogen-bond acceptors (Lipinski definition) is 5. The lowest BCUT2D eigenvalue weighted by atomic mass is 10.4. The molecule has 1 fully saturated rings. The second-order valence-corrected chi connectivity index (χ2v) is 8.39. The Labute approximate surface area is 128 Å². The molecule has 0 bridgehead atoms. The summed E-state index contributed by atoms with van der Waals surface area (Å²) in [7, 11) is -1.87. The van der Waals surface area contributed by atoms with Gasteiger partial charge in [-0.3, -0.25) is 4.40 Å². The Balaban J connectivity index is 2.14. The first kappa shape index (κ1) is 14.7. The van der Waals surface area contributed by atoms with Crippen molar-refractivity contribution in [2.24, 2.45) is 0 Å². The highest BCUT2D eigenvalue weighted by Crippen LogP contribution is 2.29. The molecule has 8 heteroatoms. The number of aromatic nitrogens is 2. The molecule has 1 unspecified atom stereocenters. The molecule has 3 heterocycles. The Morgan fingerprint density at radius 2 is 2.24 bits per heavy atom. The van der Waals surface area contributed by atoms with Crippen LogP contribution in [0.15, 0.2) is 29.4 Å². The van der Waals surface area contributed by atoms with E-state index >= 15 is 0 Å². The van der Waals surface area contributed by atoms with Crippen LogP contribution in [0.5, 0.6) is 0 Å². The molecule has 1 aliphatic rings. The Morgan fingerprint density at radius 1 is 1.43 bits per heavy atom. The number of imidazole rings is 1. The summed E-state index contributed by atoms with van der Waals surface area (Å²) in [6.45, 7) is 3.14. The average Bonchev–Trinajstić information content (AvgIpc) is 2.86.